The first-order valence-electron chi connectivity index (χ1n) is 8.75. The summed E-state index contributed by atoms with van der Waals surface area (Å²) in [5.74, 6) is 1.04. The van der Waals surface area contributed by atoms with E-state index in [1.165, 1.54) is 11.1 Å². The first-order valence-corrected chi connectivity index (χ1v) is 9.54. The van der Waals surface area contributed by atoms with Crippen molar-refractivity contribution in [1.82, 2.24) is 20.4 Å². The van der Waals surface area contributed by atoms with Crippen LogP contribution in [0.1, 0.15) is 17.0 Å². The molecule has 27 heavy (non-hydrogen) atoms. The van der Waals surface area contributed by atoms with E-state index in [1.807, 2.05) is 36.4 Å². The quantitative estimate of drug-likeness (QED) is 0.693. The molecule has 7 heteroatoms. The molecule has 0 unspecified atom stereocenters. The lowest BCUT2D eigenvalue weighted by Gasteiger charge is -2.34. The van der Waals surface area contributed by atoms with Crippen molar-refractivity contribution in [2.24, 2.45) is 0 Å². The standard InChI is InChI=1S/C20H19BrN4O2/c1-22-20(26)17-10-13-5-2-3-6-15(13)11-25(17)12-18-23-19(24-27-18)14-7-4-8-16(21)9-14/h2-9,17H,10-12H2,1H3,(H,22,26)/t17-/m0/s1. The lowest BCUT2D eigenvalue weighted by molar-refractivity contribution is -0.126. The van der Waals surface area contributed by atoms with E-state index in [2.05, 4.69) is 48.4 Å². The second-order valence-electron chi connectivity index (χ2n) is 6.53. The molecule has 0 bridgehead atoms. The molecule has 2 aromatic carbocycles. The van der Waals surface area contributed by atoms with Gasteiger partial charge in [0.2, 0.25) is 17.6 Å². The van der Waals surface area contributed by atoms with E-state index in [1.54, 1.807) is 7.05 Å². The molecule has 0 spiro atoms. The average molecular weight is 427 g/mol. The molecule has 1 aromatic heterocycles. The smallest absolute Gasteiger partial charge is 0.241 e. The van der Waals surface area contributed by atoms with Gasteiger partial charge in [-0.1, -0.05) is 57.5 Å². The molecule has 6 nitrogen and oxygen atoms in total. The molecule has 138 valence electrons. The Bertz CT molecular complexity index is 972. The van der Waals surface area contributed by atoms with Crippen LogP contribution in [0.2, 0.25) is 0 Å². The maximum absolute atomic E-state index is 12.4. The number of benzene rings is 2. The number of hydrogen-bond donors (Lipinski definition) is 1. The van der Waals surface area contributed by atoms with Crippen LogP contribution in [0.4, 0.5) is 0 Å². The van der Waals surface area contributed by atoms with Gasteiger partial charge in [0.25, 0.3) is 0 Å². The number of fused-ring (bicyclic) bond motifs is 1. The van der Waals surface area contributed by atoms with E-state index in [4.69, 9.17) is 4.52 Å². The van der Waals surface area contributed by atoms with Crippen LogP contribution >= 0.6 is 15.9 Å². The number of hydrogen-bond acceptors (Lipinski definition) is 5. The van der Waals surface area contributed by atoms with E-state index >= 15 is 0 Å². The number of rotatable bonds is 4. The van der Waals surface area contributed by atoms with Crippen molar-refractivity contribution in [3.05, 3.63) is 70.0 Å². The Balaban J connectivity index is 1.58. The summed E-state index contributed by atoms with van der Waals surface area (Å²) in [6.45, 7) is 1.09. The van der Waals surface area contributed by atoms with E-state index in [-0.39, 0.29) is 11.9 Å². The van der Waals surface area contributed by atoms with Crippen LogP contribution in [0.5, 0.6) is 0 Å². The molecule has 1 aliphatic heterocycles. The first kappa shape index (κ1) is 17.9. The Morgan fingerprint density at radius 3 is 2.85 bits per heavy atom. The van der Waals surface area contributed by atoms with Gasteiger partial charge in [-0.05, 0) is 29.7 Å². The minimum absolute atomic E-state index is 0.00349. The summed E-state index contributed by atoms with van der Waals surface area (Å²) < 4.78 is 6.42. The van der Waals surface area contributed by atoms with Crippen LogP contribution in [0.25, 0.3) is 11.4 Å². The number of nitrogens with one attached hydrogen (secondary N) is 1. The molecule has 3 aromatic rings. The molecular formula is C20H19BrN4O2. The molecule has 1 N–H and O–H groups in total. The first-order chi connectivity index (χ1) is 13.1. The summed E-state index contributed by atoms with van der Waals surface area (Å²) in [7, 11) is 1.67. The molecule has 0 saturated carbocycles. The number of aromatic nitrogens is 2. The SMILES string of the molecule is CNC(=O)[C@@H]1Cc2ccccc2CN1Cc1nc(-c2cccc(Br)c2)no1. The molecule has 4 rings (SSSR count). The molecular weight excluding hydrogens is 408 g/mol. The summed E-state index contributed by atoms with van der Waals surface area (Å²) in [5.41, 5.74) is 3.32. The molecule has 0 saturated heterocycles. The summed E-state index contributed by atoms with van der Waals surface area (Å²) >= 11 is 3.45. The van der Waals surface area contributed by atoms with Crippen molar-refractivity contribution in [3.8, 4) is 11.4 Å². The zero-order chi connectivity index (χ0) is 18.8. The molecule has 2 heterocycles. The van der Waals surface area contributed by atoms with Crippen molar-refractivity contribution in [3.63, 3.8) is 0 Å². The van der Waals surface area contributed by atoms with Crippen LogP contribution in [0, 0.1) is 0 Å². The highest BCUT2D eigenvalue weighted by Gasteiger charge is 2.32. The second-order valence-corrected chi connectivity index (χ2v) is 7.45. The zero-order valence-electron chi connectivity index (χ0n) is 14.9. The zero-order valence-corrected chi connectivity index (χ0v) is 16.4. The van der Waals surface area contributed by atoms with E-state index < -0.39 is 0 Å². The topological polar surface area (TPSA) is 71.3 Å². The minimum Gasteiger partial charge on any atom is -0.358 e. The minimum atomic E-state index is -0.258. The third-order valence-corrected chi connectivity index (χ3v) is 5.28. The Morgan fingerprint density at radius 1 is 1.26 bits per heavy atom. The fourth-order valence-electron chi connectivity index (χ4n) is 3.41. The summed E-state index contributed by atoms with van der Waals surface area (Å²) in [6.07, 6.45) is 0.669. The molecule has 1 aliphatic rings. The lowest BCUT2D eigenvalue weighted by Crippen LogP contribution is -2.49. The van der Waals surface area contributed by atoms with Gasteiger partial charge >= 0.3 is 0 Å². The fourth-order valence-corrected chi connectivity index (χ4v) is 3.81. The molecule has 0 aliphatic carbocycles. The fraction of sp³-hybridized carbons (Fsp3) is 0.250. The van der Waals surface area contributed by atoms with Gasteiger partial charge in [0.1, 0.15) is 0 Å². The van der Waals surface area contributed by atoms with Crippen molar-refractivity contribution in [2.45, 2.75) is 25.6 Å². The second kappa shape index (κ2) is 7.62. The molecule has 1 amide bonds. The average Bonchev–Trinajstić information content (AvgIpc) is 3.15. The van der Waals surface area contributed by atoms with Gasteiger partial charge in [0, 0.05) is 23.6 Å². The Hall–Kier alpha value is -2.51. The third kappa shape index (κ3) is 3.79. The lowest BCUT2D eigenvalue weighted by atomic mass is 9.93. The van der Waals surface area contributed by atoms with Crippen LogP contribution in [0.3, 0.4) is 0 Å². The Labute approximate surface area is 165 Å². The van der Waals surface area contributed by atoms with E-state index in [0.717, 1.165) is 10.0 Å². The van der Waals surface area contributed by atoms with Gasteiger partial charge < -0.3 is 9.84 Å². The number of carbonyl (C=O) groups excluding carboxylic acids is 1. The van der Waals surface area contributed by atoms with Gasteiger partial charge in [-0.25, -0.2) is 0 Å². The largest absolute Gasteiger partial charge is 0.358 e. The molecule has 0 fully saturated rings. The highest BCUT2D eigenvalue weighted by Crippen LogP contribution is 2.26. The molecule has 1 atom stereocenters. The van der Waals surface area contributed by atoms with Crippen molar-refractivity contribution in [1.29, 1.82) is 0 Å². The monoisotopic (exact) mass is 426 g/mol. The van der Waals surface area contributed by atoms with Gasteiger partial charge in [-0.3, -0.25) is 9.69 Å². The number of carbonyl (C=O) groups is 1. The van der Waals surface area contributed by atoms with Gasteiger partial charge in [-0.15, -0.1) is 0 Å². The number of likely N-dealkylation sites (N-methyl/N-ethyl adjacent to an activating group) is 1. The third-order valence-electron chi connectivity index (χ3n) is 4.78. The van der Waals surface area contributed by atoms with Crippen LogP contribution in [-0.4, -0.2) is 34.0 Å². The van der Waals surface area contributed by atoms with Crippen molar-refractivity contribution >= 4 is 21.8 Å². The van der Waals surface area contributed by atoms with Crippen molar-refractivity contribution < 1.29 is 9.32 Å². The predicted molar refractivity (Wildman–Crippen MR) is 105 cm³/mol. The highest BCUT2D eigenvalue weighted by molar-refractivity contribution is 9.10. The Morgan fingerprint density at radius 2 is 2.07 bits per heavy atom. The Kier molecular flexibility index (Phi) is 5.05. The summed E-state index contributed by atoms with van der Waals surface area (Å²) in [4.78, 5) is 19.0. The van der Waals surface area contributed by atoms with Crippen LogP contribution in [0.15, 0.2) is 57.5 Å². The number of halogens is 1. The van der Waals surface area contributed by atoms with E-state index in [9.17, 15) is 4.79 Å². The van der Waals surface area contributed by atoms with Gasteiger partial charge in [0.05, 0.1) is 12.6 Å². The predicted octanol–water partition coefficient (Wildman–Crippen LogP) is 3.17. The maximum atomic E-state index is 12.4. The number of nitrogens with zero attached hydrogens (tertiary/aromatic N) is 3. The number of amides is 1. The van der Waals surface area contributed by atoms with Crippen LogP contribution in [-0.2, 0) is 24.3 Å². The van der Waals surface area contributed by atoms with E-state index in [0.29, 0.717) is 31.2 Å². The maximum Gasteiger partial charge on any atom is 0.241 e. The van der Waals surface area contributed by atoms with Gasteiger partial charge in [0.15, 0.2) is 0 Å². The molecule has 0 radical (unpaired) electrons. The van der Waals surface area contributed by atoms with Crippen LogP contribution < -0.4 is 5.32 Å². The summed E-state index contributed by atoms with van der Waals surface area (Å²) in [6, 6.07) is 15.7. The normalized spacial score (nSPS) is 16.7. The summed E-state index contributed by atoms with van der Waals surface area (Å²) in [5, 5.41) is 6.86. The highest BCUT2D eigenvalue weighted by atomic mass is 79.9. The van der Waals surface area contributed by atoms with Crippen molar-refractivity contribution in [2.75, 3.05) is 7.05 Å². The van der Waals surface area contributed by atoms with Gasteiger partial charge in [-0.2, -0.15) is 4.98 Å².